The van der Waals surface area contributed by atoms with E-state index in [0.29, 0.717) is 0 Å². The molecular formula is C17H20. The summed E-state index contributed by atoms with van der Waals surface area (Å²) in [6.45, 7) is 13.9. The molecule has 17 heavy (non-hydrogen) atoms. The van der Waals surface area contributed by atoms with Crippen LogP contribution in [0.3, 0.4) is 0 Å². The van der Waals surface area contributed by atoms with E-state index in [9.17, 15) is 0 Å². The Hall–Kier alpha value is -1.82. The van der Waals surface area contributed by atoms with Gasteiger partial charge in [-0.1, -0.05) is 66.8 Å². The molecule has 0 heterocycles. The molecule has 0 saturated heterocycles. The lowest BCUT2D eigenvalue weighted by Crippen LogP contribution is -1.83. The second-order valence-corrected chi connectivity index (χ2v) is 4.33. The molecule has 88 valence electrons. The molecular weight excluding hydrogens is 204 g/mol. The molecule has 0 saturated carbocycles. The SMILES string of the molecule is C=C/C=C(C)\C=C(/C)c1ccc(C(=C)C)cc1. The normalized spacial score (nSPS) is 12.4. The number of benzene rings is 1. The first-order valence-electron chi connectivity index (χ1n) is 5.78. The molecule has 0 radical (unpaired) electrons. The molecule has 0 aliphatic carbocycles. The lowest BCUT2D eigenvalue weighted by Gasteiger charge is -2.04. The molecule has 0 spiro atoms. The van der Waals surface area contributed by atoms with Gasteiger partial charge in [-0.25, -0.2) is 0 Å². The second kappa shape index (κ2) is 6.05. The van der Waals surface area contributed by atoms with Gasteiger partial charge in [0.15, 0.2) is 0 Å². The van der Waals surface area contributed by atoms with Crippen LogP contribution in [-0.4, -0.2) is 0 Å². The van der Waals surface area contributed by atoms with Crippen LogP contribution in [0.4, 0.5) is 0 Å². The number of rotatable bonds is 4. The van der Waals surface area contributed by atoms with Gasteiger partial charge in [-0.05, 0) is 37.5 Å². The Labute approximate surface area is 105 Å². The Morgan fingerprint density at radius 2 is 1.53 bits per heavy atom. The minimum absolute atomic E-state index is 1.10. The Morgan fingerprint density at radius 1 is 1.00 bits per heavy atom. The number of hydrogen-bond acceptors (Lipinski definition) is 0. The molecule has 0 atom stereocenters. The summed E-state index contributed by atoms with van der Waals surface area (Å²) in [5.74, 6) is 0. The summed E-state index contributed by atoms with van der Waals surface area (Å²) in [5.41, 5.74) is 6.00. The first-order valence-corrected chi connectivity index (χ1v) is 5.78. The van der Waals surface area contributed by atoms with Crippen molar-refractivity contribution in [2.75, 3.05) is 0 Å². The van der Waals surface area contributed by atoms with E-state index in [2.05, 4.69) is 57.3 Å². The highest BCUT2D eigenvalue weighted by Crippen LogP contribution is 2.19. The van der Waals surface area contributed by atoms with Crippen molar-refractivity contribution in [2.24, 2.45) is 0 Å². The molecule has 0 nitrogen and oxygen atoms in total. The lowest BCUT2D eigenvalue weighted by atomic mass is 10.0. The van der Waals surface area contributed by atoms with Crippen LogP contribution in [0.1, 0.15) is 31.9 Å². The van der Waals surface area contributed by atoms with Crippen molar-refractivity contribution in [1.82, 2.24) is 0 Å². The van der Waals surface area contributed by atoms with Crippen LogP contribution in [0.2, 0.25) is 0 Å². The van der Waals surface area contributed by atoms with Crippen molar-refractivity contribution in [3.8, 4) is 0 Å². The number of hydrogen-bond donors (Lipinski definition) is 0. The van der Waals surface area contributed by atoms with Crippen molar-refractivity contribution in [3.05, 3.63) is 72.4 Å². The van der Waals surface area contributed by atoms with E-state index in [4.69, 9.17) is 0 Å². The molecule has 0 unspecified atom stereocenters. The maximum Gasteiger partial charge on any atom is -0.0227 e. The monoisotopic (exact) mass is 224 g/mol. The molecule has 0 aliphatic heterocycles. The predicted molar refractivity (Wildman–Crippen MR) is 78.8 cm³/mol. The predicted octanol–water partition coefficient (Wildman–Crippen LogP) is 5.26. The molecule has 0 heteroatoms. The third-order valence-corrected chi connectivity index (χ3v) is 2.66. The molecule has 0 amide bonds. The quantitative estimate of drug-likeness (QED) is 0.612. The molecule has 0 bridgehead atoms. The van der Waals surface area contributed by atoms with Gasteiger partial charge in [0.1, 0.15) is 0 Å². The van der Waals surface area contributed by atoms with E-state index in [1.807, 2.05) is 19.1 Å². The third kappa shape index (κ3) is 3.92. The highest BCUT2D eigenvalue weighted by Gasteiger charge is 1.97. The van der Waals surface area contributed by atoms with Crippen molar-refractivity contribution < 1.29 is 0 Å². The molecule has 1 aromatic carbocycles. The van der Waals surface area contributed by atoms with Crippen molar-refractivity contribution in [3.63, 3.8) is 0 Å². The average molecular weight is 224 g/mol. The van der Waals surface area contributed by atoms with E-state index in [1.165, 1.54) is 22.3 Å². The minimum atomic E-state index is 1.10. The highest BCUT2D eigenvalue weighted by atomic mass is 14.0. The van der Waals surface area contributed by atoms with E-state index >= 15 is 0 Å². The van der Waals surface area contributed by atoms with Gasteiger partial charge in [0, 0.05) is 0 Å². The minimum Gasteiger partial charge on any atom is -0.0991 e. The summed E-state index contributed by atoms with van der Waals surface area (Å²) in [6.07, 6.45) is 5.98. The Morgan fingerprint density at radius 3 is 2.00 bits per heavy atom. The standard InChI is InChI=1S/C17H20/c1-6-7-14(4)12-15(5)17-10-8-16(9-11-17)13(2)3/h6-12H,1-2H2,3-5H3/b14-7-,15-12+. The molecule has 0 aliphatic rings. The summed E-state index contributed by atoms with van der Waals surface area (Å²) in [6, 6.07) is 8.50. The average Bonchev–Trinajstić information content (AvgIpc) is 2.29. The van der Waals surface area contributed by atoms with E-state index in [-0.39, 0.29) is 0 Å². The summed E-state index contributed by atoms with van der Waals surface area (Å²) in [4.78, 5) is 0. The van der Waals surface area contributed by atoms with Crippen molar-refractivity contribution in [2.45, 2.75) is 20.8 Å². The molecule has 0 fully saturated rings. The van der Waals surface area contributed by atoms with Crippen LogP contribution >= 0.6 is 0 Å². The van der Waals surface area contributed by atoms with Crippen LogP contribution < -0.4 is 0 Å². The van der Waals surface area contributed by atoms with E-state index in [0.717, 1.165) is 5.57 Å². The van der Waals surface area contributed by atoms with Crippen molar-refractivity contribution in [1.29, 1.82) is 0 Å². The van der Waals surface area contributed by atoms with Gasteiger partial charge in [0.05, 0.1) is 0 Å². The number of allylic oxidation sites excluding steroid dienone is 6. The van der Waals surface area contributed by atoms with Crippen LogP contribution in [0, 0.1) is 0 Å². The first-order chi connectivity index (χ1) is 8.04. The Balaban J connectivity index is 2.97. The highest BCUT2D eigenvalue weighted by molar-refractivity contribution is 5.69. The zero-order valence-corrected chi connectivity index (χ0v) is 11.0. The smallest absolute Gasteiger partial charge is 0.0227 e. The zero-order valence-electron chi connectivity index (χ0n) is 11.0. The van der Waals surface area contributed by atoms with Crippen molar-refractivity contribution >= 4 is 11.1 Å². The van der Waals surface area contributed by atoms with Gasteiger partial charge in [-0.2, -0.15) is 0 Å². The van der Waals surface area contributed by atoms with Crippen LogP contribution in [0.25, 0.3) is 11.1 Å². The third-order valence-electron chi connectivity index (χ3n) is 2.66. The van der Waals surface area contributed by atoms with Gasteiger partial charge < -0.3 is 0 Å². The fourth-order valence-electron chi connectivity index (χ4n) is 1.68. The zero-order chi connectivity index (χ0) is 12.8. The Bertz CT molecular complexity index is 467. The molecule has 0 aromatic heterocycles. The van der Waals surface area contributed by atoms with Gasteiger partial charge >= 0.3 is 0 Å². The maximum atomic E-state index is 3.94. The van der Waals surface area contributed by atoms with Crippen LogP contribution in [-0.2, 0) is 0 Å². The van der Waals surface area contributed by atoms with E-state index < -0.39 is 0 Å². The van der Waals surface area contributed by atoms with Crippen LogP contribution in [0.5, 0.6) is 0 Å². The summed E-state index contributed by atoms with van der Waals surface area (Å²) in [7, 11) is 0. The molecule has 1 aromatic rings. The molecule has 0 N–H and O–H groups in total. The fraction of sp³-hybridized carbons (Fsp3) is 0.176. The fourth-order valence-corrected chi connectivity index (χ4v) is 1.68. The van der Waals surface area contributed by atoms with Crippen LogP contribution in [0.15, 0.2) is 61.2 Å². The maximum absolute atomic E-state index is 3.94. The van der Waals surface area contributed by atoms with Gasteiger partial charge in [0.25, 0.3) is 0 Å². The first kappa shape index (κ1) is 13.2. The summed E-state index contributed by atoms with van der Waals surface area (Å²) in [5, 5.41) is 0. The molecule has 1 rings (SSSR count). The van der Waals surface area contributed by atoms with E-state index in [1.54, 1.807) is 0 Å². The largest absolute Gasteiger partial charge is 0.0991 e. The van der Waals surface area contributed by atoms with Gasteiger partial charge in [-0.3, -0.25) is 0 Å². The summed E-state index contributed by atoms with van der Waals surface area (Å²) < 4.78 is 0. The lowest BCUT2D eigenvalue weighted by molar-refractivity contribution is 1.47. The Kier molecular flexibility index (Phi) is 4.71. The summed E-state index contributed by atoms with van der Waals surface area (Å²) >= 11 is 0. The van der Waals surface area contributed by atoms with Gasteiger partial charge in [0.2, 0.25) is 0 Å². The van der Waals surface area contributed by atoms with Gasteiger partial charge in [-0.15, -0.1) is 0 Å². The topological polar surface area (TPSA) is 0 Å². The second-order valence-electron chi connectivity index (χ2n) is 4.33.